The Kier molecular flexibility index (Phi) is 3.86. The Balaban J connectivity index is 1.81. The van der Waals surface area contributed by atoms with Crippen molar-refractivity contribution in [3.63, 3.8) is 0 Å². The van der Waals surface area contributed by atoms with Crippen LogP contribution in [0.5, 0.6) is 0 Å². The van der Waals surface area contributed by atoms with Crippen LogP contribution in [-0.2, 0) is 11.3 Å². The minimum Gasteiger partial charge on any atom is -0.480 e. The number of rotatable bonds is 5. The summed E-state index contributed by atoms with van der Waals surface area (Å²) in [5.74, 6) is -0.865. The number of carbonyl (C=O) groups is 2. The Bertz CT molecular complexity index is 454. The average molecular weight is 268 g/mol. The minimum atomic E-state index is -0.959. The number of nitrogens with one attached hydrogen (secondary N) is 2. The molecule has 3 N–H and O–H groups in total. The molecule has 1 saturated carbocycles. The summed E-state index contributed by atoms with van der Waals surface area (Å²) in [5.41, 5.74) is 2.20. The van der Waals surface area contributed by atoms with Crippen molar-refractivity contribution in [2.24, 2.45) is 5.92 Å². The van der Waals surface area contributed by atoms with E-state index in [2.05, 4.69) is 10.6 Å². The molecule has 5 nitrogen and oxygen atoms in total. The van der Waals surface area contributed by atoms with Crippen LogP contribution in [0.4, 0.5) is 4.79 Å². The predicted molar refractivity (Wildman–Crippen MR) is 68.6 cm³/mol. The molecular weight excluding hydrogens is 252 g/mol. The van der Waals surface area contributed by atoms with E-state index in [1.165, 1.54) is 0 Å². The van der Waals surface area contributed by atoms with E-state index in [-0.39, 0.29) is 5.92 Å². The fourth-order valence-corrected chi connectivity index (χ4v) is 2.60. The van der Waals surface area contributed by atoms with E-state index in [0.717, 1.165) is 24.0 Å². The molecule has 0 spiro atoms. The van der Waals surface area contributed by atoms with Gasteiger partial charge in [-0.05, 0) is 47.6 Å². The minimum absolute atomic E-state index is 0.0936. The molecule has 0 bridgehead atoms. The number of hydrogen-bond donors (Lipinski definition) is 3. The quantitative estimate of drug-likeness (QED) is 0.761. The molecule has 2 amide bonds. The van der Waals surface area contributed by atoms with Crippen LogP contribution in [0, 0.1) is 12.8 Å². The lowest BCUT2D eigenvalue weighted by Crippen LogP contribution is -2.46. The van der Waals surface area contributed by atoms with Crippen LogP contribution in [0.25, 0.3) is 0 Å². The van der Waals surface area contributed by atoms with Gasteiger partial charge in [-0.15, -0.1) is 0 Å². The molecule has 0 aromatic carbocycles. The Morgan fingerprint density at radius 2 is 2.22 bits per heavy atom. The highest BCUT2D eigenvalue weighted by atomic mass is 32.1. The van der Waals surface area contributed by atoms with Gasteiger partial charge in [0.15, 0.2) is 0 Å². The van der Waals surface area contributed by atoms with Gasteiger partial charge in [0, 0.05) is 6.54 Å². The van der Waals surface area contributed by atoms with Crippen LogP contribution < -0.4 is 10.6 Å². The summed E-state index contributed by atoms with van der Waals surface area (Å²) in [7, 11) is 0. The normalized spacial score (nSPS) is 16.1. The van der Waals surface area contributed by atoms with Crippen molar-refractivity contribution >= 4 is 23.3 Å². The number of amides is 2. The fraction of sp³-hybridized carbons (Fsp3) is 0.500. The third-order valence-electron chi connectivity index (χ3n) is 3.05. The smallest absolute Gasteiger partial charge is 0.326 e. The van der Waals surface area contributed by atoms with E-state index < -0.39 is 18.0 Å². The average Bonchev–Trinajstić information content (AvgIpc) is 3.07. The van der Waals surface area contributed by atoms with Crippen molar-refractivity contribution in [1.29, 1.82) is 0 Å². The number of hydrogen-bond acceptors (Lipinski definition) is 3. The van der Waals surface area contributed by atoms with Crippen molar-refractivity contribution in [3.8, 4) is 0 Å². The zero-order valence-corrected chi connectivity index (χ0v) is 10.9. The Labute approximate surface area is 109 Å². The summed E-state index contributed by atoms with van der Waals surface area (Å²) in [4.78, 5) is 22.6. The number of urea groups is 1. The second kappa shape index (κ2) is 5.39. The number of carbonyl (C=O) groups excluding carboxylic acids is 1. The van der Waals surface area contributed by atoms with Gasteiger partial charge in [-0.3, -0.25) is 0 Å². The molecule has 1 unspecified atom stereocenters. The highest BCUT2D eigenvalue weighted by Gasteiger charge is 2.37. The monoisotopic (exact) mass is 268 g/mol. The first-order valence-corrected chi connectivity index (χ1v) is 6.81. The summed E-state index contributed by atoms with van der Waals surface area (Å²) >= 11 is 1.59. The number of aryl methyl sites for hydroxylation is 1. The van der Waals surface area contributed by atoms with Crippen molar-refractivity contribution in [1.82, 2.24) is 10.6 Å². The summed E-state index contributed by atoms with van der Waals surface area (Å²) in [5, 5.41) is 18.2. The summed E-state index contributed by atoms with van der Waals surface area (Å²) in [6, 6.07) is -1.17. The van der Waals surface area contributed by atoms with Gasteiger partial charge in [-0.1, -0.05) is 0 Å². The van der Waals surface area contributed by atoms with Crippen LogP contribution in [0.1, 0.15) is 24.0 Å². The molecule has 18 heavy (non-hydrogen) atoms. The van der Waals surface area contributed by atoms with Crippen LogP contribution >= 0.6 is 11.3 Å². The third-order valence-corrected chi connectivity index (χ3v) is 3.96. The van der Waals surface area contributed by atoms with E-state index in [1.807, 2.05) is 17.7 Å². The molecule has 1 aromatic rings. The molecule has 2 rings (SSSR count). The summed E-state index contributed by atoms with van der Waals surface area (Å²) in [6.45, 7) is 2.41. The lowest BCUT2D eigenvalue weighted by molar-refractivity contribution is -0.139. The number of aliphatic carboxylic acids is 1. The molecule has 98 valence electrons. The van der Waals surface area contributed by atoms with Crippen LogP contribution in [0.15, 0.2) is 10.8 Å². The van der Waals surface area contributed by atoms with Gasteiger partial charge in [0.1, 0.15) is 6.04 Å². The predicted octanol–water partition coefficient (Wildman–Crippen LogP) is 1.72. The second-order valence-electron chi connectivity index (χ2n) is 4.56. The van der Waals surface area contributed by atoms with Gasteiger partial charge in [-0.2, -0.15) is 11.3 Å². The maximum Gasteiger partial charge on any atom is 0.326 e. The molecule has 1 aliphatic rings. The van der Waals surface area contributed by atoms with E-state index in [9.17, 15) is 9.59 Å². The van der Waals surface area contributed by atoms with Gasteiger partial charge in [0.05, 0.1) is 0 Å². The number of thiophene rings is 1. The largest absolute Gasteiger partial charge is 0.480 e. The Morgan fingerprint density at radius 3 is 2.72 bits per heavy atom. The van der Waals surface area contributed by atoms with Gasteiger partial charge in [0.25, 0.3) is 0 Å². The van der Waals surface area contributed by atoms with Gasteiger partial charge >= 0.3 is 12.0 Å². The molecule has 1 aromatic heterocycles. The van der Waals surface area contributed by atoms with Gasteiger partial charge < -0.3 is 15.7 Å². The Hall–Kier alpha value is -1.56. The van der Waals surface area contributed by atoms with Crippen molar-refractivity contribution < 1.29 is 14.7 Å². The molecule has 0 aliphatic heterocycles. The van der Waals surface area contributed by atoms with E-state index in [1.54, 1.807) is 11.3 Å². The zero-order chi connectivity index (χ0) is 13.1. The van der Waals surface area contributed by atoms with Crippen LogP contribution in [-0.4, -0.2) is 23.1 Å². The van der Waals surface area contributed by atoms with Gasteiger partial charge in [-0.25, -0.2) is 9.59 Å². The molecular formula is C12H16N2O3S. The lowest BCUT2D eigenvalue weighted by Gasteiger charge is -2.14. The molecule has 0 saturated heterocycles. The van der Waals surface area contributed by atoms with E-state index >= 15 is 0 Å². The summed E-state index contributed by atoms with van der Waals surface area (Å²) < 4.78 is 0. The molecule has 1 aliphatic carbocycles. The topological polar surface area (TPSA) is 78.4 Å². The molecule has 1 fully saturated rings. The first-order chi connectivity index (χ1) is 8.58. The van der Waals surface area contributed by atoms with Crippen molar-refractivity contribution in [3.05, 3.63) is 21.9 Å². The van der Waals surface area contributed by atoms with Crippen molar-refractivity contribution in [2.45, 2.75) is 32.4 Å². The SMILES string of the molecule is Cc1cscc1CNC(=O)NC(C(=O)O)C1CC1. The zero-order valence-electron chi connectivity index (χ0n) is 10.1. The van der Waals surface area contributed by atoms with E-state index in [0.29, 0.717) is 6.54 Å². The summed E-state index contributed by atoms with van der Waals surface area (Å²) in [6.07, 6.45) is 1.75. The first-order valence-electron chi connectivity index (χ1n) is 5.86. The standard InChI is InChI=1S/C12H16N2O3S/c1-7-5-18-6-9(7)4-13-12(17)14-10(11(15)16)8-2-3-8/h5-6,8,10H,2-4H2,1H3,(H,15,16)(H2,13,14,17). The number of carboxylic acids is 1. The maximum absolute atomic E-state index is 11.6. The van der Waals surface area contributed by atoms with Crippen LogP contribution in [0.3, 0.4) is 0 Å². The Morgan fingerprint density at radius 1 is 1.50 bits per heavy atom. The lowest BCUT2D eigenvalue weighted by atomic mass is 10.2. The highest BCUT2D eigenvalue weighted by Crippen LogP contribution is 2.32. The van der Waals surface area contributed by atoms with E-state index in [4.69, 9.17) is 5.11 Å². The second-order valence-corrected chi connectivity index (χ2v) is 5.30. The van der Waals surface area contributed by atoms with Crippen molar-refractivity contribution in [2.75, 3.05) is 0 Å². The maximum atomic E-state index is 11.6. The van der Waals surface area contributed by atoms with Crippen LogP contribution in [0.2, 0.25) is 0 Å². The highest BCUT2D eigenvalue weighted by molar-refractivity contribution is 7.08. The third kappa shape index (κ3) is 3.22. The molecule has 6 heteroatoms. The molecule has 1 atom stereocenters. The fourth-order valence-electron chi connectivity index (χ4n) is 1.75. The molecule has 0 radical (unpaired) electrons. The first kappa shape index (κ1) is 12.9. The van der Waals surface area contributed by atoms with Gasteiger partial charge in [0.2, 0.25) is 0 Å². The number of carboxylic acid groups (broad SMARTS) is 1. The molecule has 1 heterocycles.